The number of anilines is 1. The van der Waals surface area contributed by atoms with Crippen LogP contribution in [0, 0.1) is 6.57 Å². The molecule has 3 aromatic carbocycles. The van der Waals surface area contributed by atoms with E-state index in [2.05, 4.69) is 20.4 Å². The van der Waals surface area contributed by atoms with E-state index in [1.165, 1.54) is 0 Å². The second-order valence-corrected chi connectivity index (χ2v) is 7.32. The Balaban J connectivity index is 1.72. The van der Waals surface area contributed by atoms with Gasteiger partial charge < -0.3 is 15.2 Å². The van der Waals surface area contributed by atoms with E-state index in [-0.39, 0.29) is 6.61 Å². The number of nitrogens with zero attached hydrogens (tertiary/aromatic N) is 3. The molecule has 31 heavy (non-hydrogen) atoms. The van der Waals surface area contributed by atoms with Gasteiger partial charge in [-0.3, -0.25) is 0 Å². The van der Waals surface area contributed by atoms with Gasteiger partial charge >= 0.3 is 0 Å². The van der Waals surface area contributed by atoms with Gasteiger partial charge in [0.2, 0.25) is 0 Å². The van der Waals surface area contributed by atoms with Crippen LogP contribution in [0.1, 0.15) is 11.1 Å². The number of rotatable bonds is 6. The predicted octanol–water partition coefficient (Wildman–Crippen LogP) is 5.61. The number of methoxy groups -OCH3 is 1. The topological polar surface area (TPSA) is 71.6 Å². The first kappa shape index (κ1) is 20.6. The van der Waals surface area contributed by atoms with Crippen LogP contribution in [0.25, 0.3) is 26.9 Å². The summed E-state index contributed by atoms with van der Waals surface area (Å²) in [4.78, 5) is 3.55. The first-order valence-electron chi connectivity index (χ1n) is 9.57. The molecule has 0 saturated carbocycles. The number of nitrogens with one attached hydrogen (secondary N) is 1. The van der Waals surface area contributed by atoms with E-state index in [1.807, 2.05) is 54.6 Å². The summed E-state index contributed by atoms with van der Waals surface area (Å²) in [5.74, 6) is 1.21. The van der Waals surface area contributed by atoms with Crippen LogP contribution in [-0.2, 0) is 13.2 Å². The lowest BCUT2D eigenvalue weighted by Crippen LogP contribution is -2.04. The summed E-state index contributed by atoms with van der Waals surface area (Å²) in [6.45, 7) is 7.84. The van der Waals surface area contributed by atoms with Crippen LogP contribution in [-0.4, -0.2) is 22.4 Å². The number of aromatic nitrogens is 2. The molecule has 0 radical (unpaired) electrons. The standard InChI is InChI=1S/C24H19ClN4O2/c1-26-18-8-9-19-20(12-18)24(27-13-16-5-10-22(31-2)21(25)11-16)29-28-23(19)17-6-3-15(14-30)4-7-17/h3-12,30H,13-14H2,2H3,(H,27,29). The molecule has 154 valence electrons. The van der Waals surface area contributed by atoms with Crippen molar-refractivity contribution in [2.75, 3.05) is 12.4 Å². The molecule has 1 aromatic heterocycles. The van der Waals surface area contributed by atoms with Gasteiger partial charge in [-0.05, 0) is 29.3 Å². The van der Waals surface area contributed by atoms with Gasteiger partial charge in [0, 0.05) is 22.9 Å². The van der Waals surface area contributed by atoms with Crippen molar-refractivity contribution in [2.45, 2.75) is 13.2 Å². The van der Waals surface area contributed by atoms with E-state index in [0.717, 1.165) is 27.5 Å². The second kappa shape index (κ2) is 9.00. The molecule has 0 bridgehead atoms. The maximum Gasteiger partial charge on any atom is 0.188 e. The minimum atomic E-state index is -0.0146. The molecule has 2 N–H and O–H groups in total. The van der Waals surface area contributed by atoms with E-state index in [0.29, 0.717) is 34.5 Å². The Labute approximate surface area is 184 Å². The van der Waals surface area contributed by atoms with Crippen LogP contribution in [0.3, 0.4) is 0 Å². The molecule has 0 unspecified atom stereocenters. The zero-order chi connectivity index (χ0) is 21.8. The normalized spacial score (nSPS) is 10.6. The number of hydrogen-bond donors (Lipinski definition) is 2. The van der Waals surface area contributed by atoms with Crippen LogP contribution in [0.4, 0.5) is 11.5 Å². The molecule has 0 saturated heterocycles. The molecule has 6 nitrogen and oxygen atoms in total. The highest BCUT2D eigenvalue weighted by Crippen LogP contribution is 2.33. The Morgan fingerprint density at radius 3 is 2.45 bits per heavy atom. The Morgan fingerprint density at radius 1 is 1.00 bits per heavy atom. The van der Waals surface area contributed by atoms with Crippen LogP contribution in [0.2, 0.25) is 5.02 Å². The summed E-state index contributed by atoms with van der Waals surface area (Å²) in [7, 11) is 1.58. The van der Waals surface area contributed by atoms with E-state index < -0.39 is 0 Å². The van der Waals surface area contributed by atoms with Crippen LogP contribution in [0.15, 0.2) is 60.7 Å². The zero-order valence-corrected chi connectivity index (χ0v) is 17.5. The van der Waals surface area contributed by atoms with Gasteiger partial charge in [-0.2, -0.15) is 0 Å². The Morgan fingerprint density at radius 2 is 1.77 bits per heavy atom. The van der Waals surface area contributed by atoms with Gasteiger partial charge in [0.25, 0.3) is 0 Å². The van der Waals surface area contributed by atoms with Crippen molar-refractivity contribution in [1.29, 1.82) is 0 Å². The number of hydrogen-bond acceptors (Lipinski definition) is 5. The molecule has 0 spiro atoms. The lowest BCUT2D eigenvalue weighted by atomic mass is 10.0. The molecule has 0 amide bonds. The zero-order valence-electron chi connectivity index (χ0n) is 16.8. The highest BCUT2D eigenvalue weighted by Gasteiger charge is 2.12. The third kappa shape index (κ3) is 4.29. The van der Waals surface area contributed by atoms with Crippen LogP contribution >= 0.6 is 11.6 Å². The van der Waals surface area contributed by atoms with Crippen molar-refractivity contribution < 1.29 is 9.84 Å². The van der Waals surface area contributed by atoms with Gasteiger partial charge in [0.15, 0.2) is 11.5 Å². The average molecular weight is 431 g/mol. The molecular weight excluding hydrogens is 412 g/mol. The lowest BCUT2D eigenvalue weighted by molar-refractivity contribution is 0.282. The fourth-order valence-electron chi connectivity index (χ4n) is 3.33. The highest BCUT2D eigenvalue weighted by atomic mass is 35.5. The summed E-state index contributed by atoms with van der Waals surface area (Å²) in [5, 5.41) is 23.7. The Kier molecular flexibility index (Phi) is 5.99. The summed E-state index contributed by atoms with van der Waals surface area (Å²) >= 11 is 6.23. The third-order valence-corrected chi connectivity index (χ3v) is 5.27. The Bertz CT molecular complexity index is 1280. The molecular formula is C24H19ClN4O2. The molecule has 0 fully saturated rings. The van der Waals surface area contributed by atoms with Crippen molar-refractivity contribution in [2.24, 2.45) is 0 Å². The van der Waals surface area contributed by atoms with Gasteiger partial charge in [0.1, 0.15) is 11.4 Å². The molecule has 1 heterocycles. The number of fused-ring (bicyclic) bond motifs is 1. The number of halogens is 1. The third-order valence-electron chi connectivity index (χ3n) is 4.98. The fourth-order valence-corrected chi connectivity index (χ4v) is 3.61. The molecule has 0 aliphatic heterocycles. The minimum absolute atomic E-state index is 0.0146. The van der Waals surface area contributed by atoms with E-state index in [4.69, 9.17) is 22.9 Å². The monoisotopic (exact) mass is 430 g/mol. The van der Waals surface area contributed by atoms with Gasteiger partial charge in [0.05, 0.1) is 25.3 Å². The average Bonchev–Trinajstić information content (AvgIpc) is 2.82. The predicted molar refractivity (Wildman–Crippen MR) is 122 cm³/mol. The number of benzene rings is 3. The number of aliphatic hydroxyl groups excluding tert-OH is 1. The smallest absolute Gasteiger partial charge is 0.188 e. The quantitative estimate of drug-likeness (QED) is 0.389. The molecule has 7 heteroatoms. The van der Waals surface area contributed by atoms with E-state index in [9.17, 15) is 5.11 Å². The lowest BCUT2D eigenvalue weighted by Gasteiger charge is -2.13. The molecule has 0 atom stereocenters. The SMILES string of the molecule is [C-]#[N+]c1ccc2c(-c3ccc(CO)cc3)nnc(NCc3ccc(OC)c(Cl)c3)c2c1. The maximum absolute atomic E-state index is 9.28. The minimum Gasteiger partial charge on any atom is -0.495 e. The number of aliphatic hydroxyl groups is 1. The van der Waals surface area contributed by atoms with Gasteiger partial charge in [-0.1, -0.05) is 54.1 Å². The van der Waals surface area contributed by atoms with Crippen LogP contribution < -0.4 is 10.1 Å². The number of ether oxygens (including phenoxy) is 1. The summed E-state index contributed by atoms with van der Waals surface area (Å²) in [6.07, 6.45) is 0. The summed E-state index contributed by atoms with van der Waals surface area (Å²) in [5.41, 5.74) is 3.92. The highest BCUT2D eigenvalue weighted by molar-refractivity contribution is 6.32. The van der Waals surface area contributed by atoms with Gasteiger partial charge in [-0.15, -0.1) is 10.2 Å². The van der Waals surface area contributed by atoms with Crippen molar-refractivity contribution >= 4 is 33.9 Å². The van der Waals surface area contributed by atoms with Crippen molar-refractivity contribution in [3.63, 3.8) is 0 Å². The molecule has 4 rings (SSSR count). The second-order valence-electron chi connectivity index (χ2n) is 6.92. The summed E-state index contributed by atoms with van der Waals surface area (Å²) in [6, 6.07) is 18.6. The Hall–Kier alpha value is -3.66. The van der Waals surface area contributed by atoms with Crippen molar-refractivity contribution in [3.05, 3.63) is 88.2 Å². The molecule has 4 aromatic rings. The van der Waals surface area contributed by atoms with E-state index >= 15 is 0 Å². The van der Waals surface area contributed by atoms with Crippen molar-refractivity contribution in [3.8, 4) is 17.0 Å². The van der Waals surface area contributed by atoms with Gasteiger partial charge in [-0.25, -0.2) is 4.85 Å². The molecule has 0 aliphatic carbocycles. The van der Waals surface area contributed by atoms with Crippen molar-refractivity contribution in [1.82, 2.24) is 10.2 Å². The maximum atomic E-state index is 9.28. The summed E-state index contributed by atoms with van der Waals surface area (Å²) < 4.78 is 5.20. The first-order chi connectivity index (χ1) is 15.1. The fraction of sp³-hybridized carbons (Fsp3) is 0.125. The van der Waals surface area contributed by atoms with E-state index in [1.54, 1.807) is 13.2 Å². The largest absolute Gasteiger partial charge is 0.495 e. The molecule has 0 aliphatic rings. The van der Waals surface area contributed by atoms with Crippen LogP contribution in [0.5, 0.6) is 5.75 Å². The first-order valence-corrected chi connectivity index (χ1v) is 9.95.